The van der Waals surface area contributed by atoms with E-state index >= 15 is 0 Å². The van der Waals surface area contributed by atoms with Crippen molar-refractivity contribution in [3.05, 3.63) is 59.8 Å². The molecule has 7 nitrogen and oxygen atoms in total. The Morgan fingerprint density at radius 3 is 2.68 bits per heavy atom. The molecule has 2 aromatic carbocycles. The molecule has 2 aromatic heterocycles. The van der Waals surface area contributed by atoms with Gasteiger partial charge in [0.2, 0.25) is 0 Å². The summed E-state index contributed by atoms with van der Waals surface area (Å²) in [5, 5.41) is 4.85. The van der Waals surface area contributed by atoms with Gasteiger partial charge < -0.3 is 15.2 Å². The van der Waals surface area contributed by atoms with Gasteiger partial charge in [-0.05, 0) is 81.0 Å². The van der Waals surface area contributed by atoms with Crippen molar-refractivity contribution in [2.45, 2.75) is 25.2 Å². The van der Waals surface area contributed by atoms with Crippen molar-refractivity contribution in [2.24, 2.45) is 0 Å². The number of nitrogens with one attached hydrogen (secondary N) is 2. The lowest BCUT2D eigenvalue weighted by Gasteiger charge is -2.12. The van der Waals surface area contributed by atoms with E-state index < -0.39 is 9.84 Å². The molecule has 4 rings (SSSR count). The molecule has 2 N–H and O–H groups in total. The van der Waals surface area contributed by atoms with E-state index in [-0.39, 0.29) is 16.6 Å². The molecule has 0 bridgehead atoms. The average Bonchev–Trinajstić information content (AvgIpc) is 3.18. The molecule has 0 fully saturated rings. The molecule has 0 unspecified atom stereocenters. The number of amides is 1. The van der Waals surface area contributed by atoms with Crippen LogP contribution in [0.1, 0.15) is 29.3 Å². The normalized spacial score (nSPS) is 12.0. The van der Waals surface area contributed by atoms with E-state index in [2.05, 4.69) is 26.3 Å². The van der Waals surface area contributed by atoms with Crippen LogP contribution in [0.5, 0.6) is 0 Å². The summed E-state index contributed by atoms with van der Waals surface area (Å²) in [7, 11) is 0.631. The maximum Gasteiger partial charge on any atom is 0.251 e. The van der Waals surface area contributed by atoms with E-state index in [1.807, 2.05) is 39.2 Å². The Morgan fingerprint density at radius 1 is 1.15 bits per heavy atom. The first-order valence-electron chi connectivity index (χ1n) is 11.4. The van der Waals surface area contributed by atoms with Gasteiger partial charge in [0.25, 0.3) is 5.91 Å². The molecule has 0 spiro atoms. The first-order chi connectivity index (χ1) is 16.2. The third-order valence-corrected chi connectivity index (χ3v) is 7.63. The Bertz CT molecular complexity index is 1470. The van der Waals surface area contributed by atoms with Gasteiger partial charge in [-0.2, -0.15) is 0 Å². The minimum Gasteiger partial charge on any atom is -0.352 e. The minimum atomic E-state index is -3.37. The predicted octanol–water partition coefficient (Wildman–Crippen LogP) is 4.17. The number of aromatic nitrogens is 2. The topological polar surface area (TPSA) is 95.2 Å². The molecule has 0 radical (unpaired) electrons. The number of nitrogens with zero attached hydrogens (tertiary/aromatic N) is 2. The molecule has 0 aliphatic carbocycles. The van der Waals surface area contributed by atoms with E-state index in [4.69, 9.17) is 0 Å². The van der Waals surface area contributed by atoms with Crippen LogP contribution in [0.15, 0.2) is 53.6 Å². The predicted molar refractivity (Wildman–Crippen MR) is 137 cm³/mol. The van der Waals surface area contributed by atoms with Crippen molar-refractivity contribution < 1.29 is 13.2 Å². The number of H-pyrrole nitrogens is 1. The zero-order valence-corrected chi connectivity index (χ0v) is 20.8. The molecular formula is C26H30N4O3S. The monoisotopic (exact) mass is 478 g/mol. The van der Waals surface area contributed by atoms with Gasteiger partial charge in [-0.3, -0.25) is 4.79 Å². The third kappa shape index (κ3) is 4.83. The molecule has 0 atom stereocenters. The van der Waals surface area contributed by atoms with E-state index in [9.17, 15) is 13.2 Å². The Kier molecular flexibility index (Phi) is 6.72. The molecular weight excluding hydrogens is 448 g/mol. The Balaban J connectivity index is 1.86. The number of fused-ring (bicyclic) bond motifs is 3. The smallest absolute Gasteiger partial charge is 0.251 e. The van der Waals surface area contributed by atoms with Crippen LogP contribution in [0.3, 0.4) is 0 Å². The molecule has 0 saturated heterocycles. The van der Waals surface area contributed by atoms with Crippen LogP contribution < -0.4 is 5.32 Å². The largest absolute Gasteiger partial charge is 0.352 e. The molecule has 0 aliphatic heterocycles. The second-order valence-electron chi connectivity index (χ2n) is 8.82. The highest BCUT2D eigenvalue weighted by atomic mass is 32.2. The average molecular weight is 479 g/mol. The minimum absolute atomic E-state index is 0.0253. The van der Waals surface area contributed by atoms with Crippen LogP contribution >= 0.6 is 0 Å². The van der Waals surface area contributed by atoms with Crippen LogP contribution in [-0.2, 0) is 9.84 Å². The SMILES string of the molecule is CCS(=O)(=O)c1cccc(-c2cc(C(=O)NCCCN(C)C)cc3[nH]c4ncc(C)cc4c23)c1. The zero-order chi connectivity index (χ0) is 24.5. The van der Waals surface area contributed by atoms with Gasteiger partial charge >= 0.3 is 0 Å². The molecule has 0 aliphatic rings. The standard InChI is InChI=1S/C26H30N4O3S/c1-5-34(32,33)20-9-6-8-18(13-20)21-14-19(26(31)27-10-7-11-30(3)4)15-23-24(21)22-12-17(2)16-28-25(22)29-23/h6,8-9,12-16H,5,7,10-11H2,1-4H3,(H,27,31)(H,28,29). The fourth-order valence-corrected chi connectivity index (χ4v) is 5.03. The molecule has 34 heavy (non-hydrogen) atoms. The zero-order valence-electron chi connectivity index (χ0n) is 20.0. The maximum atomic E-state index is 13.0. The van der Waals surface area contributed by atoms with Crippen LogP contribution in [0.25, 0.3) is 33.1 Å². The second-order valence-corrected chi connectivity index (χ2v) is 11.1. The van der Waals surface area contributed by atoms with Crippen LogP contribution in [0.2, 0.25) is 0 Å². The molecule has 4 aromatic rings. The number of carbonyl (C=O) groups is 1. The first-order valence-corrected chi connectivity index (χ1v) is 13.0. The van der Waals surface area contributed by atoms with Gasteiger partial charge in [0.15, 0.2) is 9.84 Å². The number of hydrogen-bond donors (Lipinski definition) is 2. The van der Waals surface area contributed by atoms with Gasteiger partial charge in [0.05, 0.1) is 10.6 Å². The van der Waals surface area contributed by atoms with Crippen LogP contribution in [0.4, 0.5) is 0 Å². The molecule has 0 saturated carbocycles. The second kappa shape index (κ2) is 9.56. The van der Waals surface area contributed by atoms with Crippen molar-refractivity contribution in [3.8, 4) is 11.1 Å². The molecule has 2 heterocycles. The Morgan fingerprint density at radius 2 is 1.94 bits per heavy atom. The Hall–Kier alpha value is -3.23. The summed E-state index contributed by atoms with van der Waals surface area (Å²) in [6.07, 6.45) is 2.64. The van der Waals surface area contributed by atoms with E-state index in [0.717, 1.165) is 51.6 Å². The van der Waals surface area contributed by atoms with Crippen LogP contribution in [-0.4, -0.2) is 62.1 Å². The highest BCUT2D eigenvalue weighted by molar-refractivity contribution is 7.91. The lowest BCUT2D eigenvalue weighted by Crippen LogP contribution is -2.27. The summed E-state index contributed by atoms with van der Waals surface area (Å²) in [6.45, 7) is 5.07. The van der Waals surface area contributed by atoms with Crippen LogP contribution in [0, 0.1) is 6.92 Å². The van der Waals surface area contributed by atoms with Crippen molar-refractivity contribution in [1.29, 1.82) is 0 Å². The fourth-order valence-electron chi connectivity index (χ4n) is 4.10. The number of rotatable bonds is 8. The summed E-state index contributed by atoms with van der Waals surface area (Å²) in [5.74, 6) is -0.140. The number of carbonyl (C=O) groups excluding carboxylic acids is 1. The highest BCUT2D eigenvalue weighted by Gasteiger charge is 2.18. The summed E-state index contributed by atoms with van der Waals surface area (Å²) in [4.78, 5) is 23.2. The quantitative estimate of drug-likeness (QED) is 0.371. The van der Waals surface area contributed by atoms with Gasteiger partial charge in [-0.15, -0.1) is 0 Å². The molecule has 8 heteroatoms. The van der Waals surface area contributed by atoms with Gasteiger partial charge in [0, 0.05) is 34.6 Å². The number of pyridine rings is 1. The number of sulfone groups is 1. The Labute approximate surface area is 200 Å². The lowest BCUT2D eigenvalue weighted by atomic mass is 9.97. The number of hydrogen-bond acceptors (Lipinski definition) is 5. The first kappa shape index (κ1) is 23.9. The van der Waals surface area contributed by atoms with E-state index in [1.165, 1.54) is 0 Å². The van der Waals surface area contributed by atoms with Crippen molar-refractivity contribution >= 4 is 37.7 Å². The van der Waals surface area contributed by atoms with E-state index in [0.29, 0.717) is 12.1 Å². The van der Waals surface area contributed by atoms with Crippen molar-refractivity contribution in [1.82, 2.24) is 20.2 Å². The molecule has 178 valence electrons. The van der Waals surface area contributed by atoms with Crippen molar-refractivity contribution in [3.63, 3.8) is 0 Å². The highest BCUT2D eigenvalue weighted by Crippen LogP contribution is 2.36. The number of benzene rings is 2. The fraction of sp³-hybridized carbons (Fsp3) is 0.308. The number of aryl methyl sites for hydroxylation is 1. The third-order valence-electron chi connectivity index (χ3n) is 5.90. The summed E-state index contributed by atoms with van der Waals surface area (Å²) in [6, 6.07) is 12.7. The maximum absolute atomic E-state index is 13.0. The van der Waals surface area contributed by atoms with Gasteiger partial charge in [0.1, 0.15) is 5.65 Å². The summed E-state index contributed by atoms with van der Waals surface area (Å²) < 4.78 is 25.1. The van der Waals surface area contributed by atoms with Gasteiger partial charge in [-0.25, -0.2) is 13.4 Å². The summed E-state index contributed by atoms with van der Waals surface area (Å²) in [5.41, 5.74) is 4.58. The summed E-state index contributed by atoms with van der Waals surface area (Å²) >= 11 is 0. The number of aromatic amines is 1. The van der Waals surface area contributed by atoms with Gasteiger partial charge in [-0.1, -0.05) is 19.1 Å². The van der Waals surface area contributed by atoms with E-state index in [1.54, 1.807) is 31.3 Å². The molecule has 1 amide bonds. The van der Waals surface area contributed by atoms with Crippen molar-refractivity contribution in [2.75, 3.05) is 32.9 Å². The lowest BCUT2D eigenvalue weighted by molar-refractivity contribution is 0.0952.